The molecule has 0 aliphatic carbocycles. The summed E-state index contributed by atoms with van der Waals surface area (Å²) < 4.78 is 4.51. The third-order valence-corrected chi connectivity index (χ3v) is 4.16. The van der Waals surface area contributed by atoms with Gasteiger partial charge in [0.25, 0.3) is 0 Å². The molecule has 0 radical (unpaired) electrons. The number of benzene rings is 1. The number of aliphatic hydroxyl groups is 2. The van der Waals surface area contributed by atoms with Gasteiger partial charge in [-0.05, 0) is 43.0 Å². The molecule has 166 valence electrons. The Balaban J connectivity index is 2.38. The van der Waals surface area contributed by atoms with Gasteiger partial charge in [0.05, 0.1) is 26.9 Å². The molecule has 0 bridgehead atoms. The normalized spacial score (nSPS) is 11.3. The maximum atomic E-state index is 12.3. The Kier molecular flexibility index (Phi) is 11.1. The van der Waals surface area contributed by atoms with Crippen LogP contribution in [0, 0.1) is 0 Å². The van der Waals surface area contributed by atoms with E-state index in [1.807, 2.05) is 0 Å². The van der Waals surface area contributed by atoms with Crippen molar-refractivity contribution in [3.05, 3.63) is 29.3 Å². The molecule has 0 aliphatic rings. The number of carbonyl (C=O) groups excluding carboxylic acids is 4. The molecule has 30 heavy (non-hydrogen) atoms. The second-order valence-electron chi connectivity index (χ2n) is 6.69. The van der Waals surface area contributed by atoms with E-state index in [0.717, 1.165) is 0 Å². The smallest absolute Gasteiger partial charge is 0.305 e. The number of ether oxygens (including phenoxy) is 1. The van der Waals surface area contributed by atoms with E-state index in [1.165, 1.54) is 14.0 Å². The summed E-state index contributed by atoms with van der Waals surface area (Å²) >= 11 is 0. The second-order valence-corrected chi connectivity index (χ2v) is 6.69. The van der Waals surface area contributed by atoms with Crippen LogP contribution in [0.15, 0.2) is 18.2 Å². The van der Waals surface area contributed by atoms with E-state index in [1.54, 1.807) is 18.2 Å². The first kappa shape index (κ1) is 25.1. The van der Waals surface area contributed by atoms with Crippen LogP contribution in [0.1, 0.15) is 43.7 Å². The zero-order chi connectivity index (χ0) is 22.5. The standard InChI is InChI=1S/C20H29N3O7/c1-13(20(29)23-16-8-14(11-24)7-15(9-16)12-25)22-18(27)10-21-17(26)5-3-4-6-19(28)30-2/h7-9,13,24-25H,3-6,10-12H2,1-2H3,(H,21,26)(H,22,27)(H,23,29). The first-order valence-electron chi connectivity index (χ1n) is 9.57. The first-order valence-corrected chi connectivity index (χ1v) is 9.57. The molecule has 0 saturated carbocycles. The number of hydrogen-bond acceptors (Lipinski definition) is 7. The van der Waals surface area contributed by atoms with E-state index in [4.69, 9.17) is 0 Å². The van der Waals surface area contributed by atoms with Gasteiger partial charge in [0.1, 0.15) is 6.04 Å². The molecule has 10 heteroatoms. The van der Waals surface area contributed by atoms with E-state index >= 15 is 0 Å². The quantitative estimate of drug-likeness (QED) is 0.233. The molecule has 0 aromatic heterocycles. The maximum absolute atomic E-state index is 12.3. The number of rotatable bonds is 12. The minimum absolute atomic E-state index is 0.175. The minimum atomic E-state index is -0.871. The summed E-state index contributed by atoms with van der Waals surface area (Å²) in [6, 6.07) is 3.86. The van der Waals surface area contributed by atoms with Crippen LogP contribution >= 0.6 is 0 Å². The summed E-state index contributed by atoms with van der Waals surface area (Å²) in [6.45, 7) is 0.726. The van der Waals surface area contributed by atoms with Crippen molar-refractivity contribution in [3.8, 4) is 0 Å². The van der Waals surface area contributed by atoms with E-state index in [-0.39, 0.29) is 44.5 Å². The Morgan fingerprint density at radius 2 is 1.57 bits per heavy atom. The first-order chi connectivity index (χ1) is 14.3. The molecule has 1 atom stereocenters. The number of unbranched alkanes of at least 4 members (excludes halogenated alkanes) is 1. The Morgan fingerprint density at radius 1 is 0.967 bits per heavy atom. The lowest BCUT2D eigenvalue weighted by atomic mass is 10.1. The highest BCUT2D eigenvalue weighted by molar-refractivity contribution is 5.97. The molecule has 0 saturated heterocycles. The maximum Gasteiger partial charge on any atom is 0.305 e. The van der Waals surface area contributed by atoms with Gasteiger partial charge in [-0.15, -0.1) is 0 Å². The lowest BCUT2D eigenvalue weighted by Gasteiger charge is -2.15. The molecule has 1 rings (SSSR count). The largest absolute Gasteiger partial charge is 0.469 e. The lowest BCUT2D eigenvalue weighted by molar-refractivity contribution is -0.140. The number of amides is 3. The molecule has 10 nitrogen and oxygen atoms in total. The molecule has 5 N–H and O–H groups in total. The summed E-state index contributed by atoms with van der Waals surface area (Å²) in [6.07, 6.45) is 1.41. The zero-order valence-corrected chi connectivity index (χ0v) is 17.2. The number of esters is 1. The fraction of sp³-hybridized carbons (Fsp3) is 0.500. The number of nitrogens with one attached hydrogen (secondary N) is 3. The summed E-state index contributed by atoms with van der Waals surface area (Å²) in [4.78, 5) is 46.9. The van der Waals surface area contributed by atoms with Gasteiger partial charge in [-0.25, -0.2) is 0 Å². The molecule has 0 aliphatic heterocycles. The van der Waals surface area contributed by atoms with Gasteiger partial charge in [-0.1, -0.05) is 6.07 Å². The van der Waals surface area contributed by atoms with Crippen LogP contribution in [0.5, 0.6) is 0 Å². The van der Waals surface area contributed by atoms with Gasteiger partial charge in [0.2, 0.25) is 17.7 Å². The highest BCUT2D eigenvalue weighted by atomic mass is 16.5. The van der Waals surface area contributed by atoms with Crippen molar-refractivity contribution in [1.29, 1.82) is 0 Å². The fourth-order valence-corrected chi connectivity index (χ4v) is 2.55. The Bertz CT molecular complexity index is 730. The molecule has 3 amide bonds. The van der Waals surface area contributed by atoms with Crippen LogP contribution in [0.3, 0.4) is 0 Å². The highest BCUT2D eigenvalue weighted by Crippen LogP contribution is 2.15. The Morgan fingerprint density at radius 3 is 2.13 bits per heavy atom. The van der Waals surface area contributed by atoms with Gasteiger partial charge < -0.3 is 30.9 Å². The molecule has 1 aromatic rings. The van der Waals surface area contributed by atoms with Crippen molar-refractivity contribution in [2.45, 2.75) is 51.9 Å². The average molecular weight is 423 g/mol. The number of aliphatic hydroxyl groups excluding tert-OH is 2. The number of methoxy groups -OCH3 is 1. The molecule has 0 spiro atoms. The molecular formula is C20H29N3O7. The summed E-state index contributed by atoms with van der Waals surface area (Å²) in [5.41, 5.74) is 1.45. The number of anilines is 1. The minimum Gasteiger partial charge on any atom is -0.469 e. The van der Waals surface area contributed by atoms with Crippen LogP contribution in [0.2, 0.25) is 0 Å². The van der Waals surface area contributed by atoms with Crippen molar-refractivity contribution in [1.82, 2.24) is 10.6 Å². The lowest BCUT2D eigenvalue weighted by Crippen LogP contribution is -2.45. The van der Waals surface area contributed by atoms with Crippen LogP contribution in [-0.2, 0) is 37.1 Å². The zero-order valence-electron chi connectivity index (χ0n) is 17.2. The van der Waals surface area contributed by atoms with Crippen molar-refractivity contribution < 1.29 is 34.1 Å². The van der Waals surface area contributed by atoms with Crippen molar-refractivity contribution in [3.63, 3.8) is 0 Å². The van der Waals surface area contributed by atoms with Crippen molar-refractivity contribution >= 4 is 29.4 Å². The van der Waals surface area contributed by atoms with E-state index in [2.05, 4.69) is 20.7 Å². The fourth-order valence-electron chi connectivity index (χ4n) is 2.55. The summed E-state index contributed by atoms with van der Waals surface area (Å²) in [5, 5.41) is 26.0. The monoisotopic (exact) mass is 423 g/mol. The molecule has 1 aromatic carbocycles. The van der Waals surface area contributed by atoms with Crippen LogP contribution in [0.4, 0.5) is 5.69 Å². The van der Waals surface area contributed by atoms with Gasteiger partial charge in [0, 0.05) is 18.5 Å². The summed E-state index contributed by atoms with van der Waals surface area (Å²) in [5.74, 6) is -1.68. The third-order valence-electron chi connectivity index (χ3n) is 4.16. The number of carbonyl (C=O) groups is 4. The van der Waals surface area contributed by atoms with Gasteiger partial charge in [-0.3, -0.25) is 19.2 Å². The second kappa shape index (κ2) is 13.3. The van der Waals surface area contributed by atoms with Gasteiger partial charge >= 0.3 is 5.97 Å². The predicted octanol–water partition coefficient (Wildman–Crippen LogP) is -0.0360. The van der Waals surface area contributed by atoms with Crippen LogP contribution in [-0.4, -0.2) is 53.6 Å². The highest BCUT2D eigenvalue weighted by Gasteiger charge is 2.16. The Labute approximate surface area is 175 Å². The molecule has 1 unspecified atom stereocenters. The number of hydrogen-bond donors (Lipinski definition) is 5. The average Bonchev–Trinajstić information content (AvgIpc) is 2.74. The molecule has 0 heterocycles. The third kappa shape index (κ3) is 9.48. The Hall–Kier alpha value is -2.98. The van der Waals surface area contributed by atoms with Gasteiger partial charge in [0.15, 0.2) is 0 Å². The van der Waals surface area contributed by atoms with E-state index in [0.29, 0.717) is 29.7 Å². The molecular weight excluding hydrogens is 394 g/mol. The van der Waals surface area contributed by atoms with Crippen molar-refractivity contribution in [2.75, 3.05) is 19.0 Å². The molecule has 0 fully saturated rings. The van der Waals surface area contributed by atoms with E-state index in [9.17, 15) is 29.4 Å². The van der Waals surface area contributed by atoms with E-state index < -0.39 is 17.9 Å². The summed E-state index contributed by atoms with van der Waals surface area (Å²) in [7, 11) is 1.30. The predicted molar refractivity (Wildman–Crippen MR) is 108 cm³/mol. The van der Waals surface area contributed by atoms with Crippen LogP contribution in [0.25, 0.3) is 0 Å². The van der Waals surface area contributed by atoms with Crippen LogP contribution < -0.4 is 16.0 Å². The van der Waals surface area contributed by atoms with Gasteiger partial charge in [-0.2, -0.15) is 0 Å². The van der Waals surface area contributed by atoms with Crippen molar-refractivity contribution in [2.24, 2.45) is 0 Å². The SMILES string of the molecule is COC(=O)CCCCC(=O)NCC(=O)NC(C)C(=O)Nc1cc(CO)cc(CO)c1. The topological polar surface area (TPSA) is 154 Å².